The highest BCUT2D eigenvalue weighted by Gasteiger charge is 2.25. The smallest absolute Gasteiger partial charge is 0.133 e. The third kappa shape index (κ3) is 2.84. The Labute approximate surface area is 138 Å². The van der Waals surface area contributed by atoms with E-state index in [1.165, 1.54) is 24.1 Å². The van der Waals surface area contributed by atoms with Crippen molar-refractivity contribution >= 4 is 5.82 Å². The van der Waals surface area contributed by atoms with Crippen molar-refractivity contribution < 1.29 is 0 Å². The Balaban J connectivity index is 2.19. The molecular weight excluding hydrogens is 284 g/mol. The molecule has 0 amide bonds. The van der Waals surface area contributed by atoms with Crippen LogP contribution in [-0.2, 0) is 6.42 Å². The number of aromatic nitrogens is 2. The van der Waals surface area contributed by atoms with Crippen LogP contribution >= 0.6 is 0 Å². The average Bonchev–Trinajstić information content (AvgIpc) is 2.78. The largest absolute Gasteiger partial charge is 0.370 e. The number of nitrogens with zero attached hydrogens (tertiary/aromatic N) is 3. The first-order valence-electron chi connectivity index (χ1n) is 8.65. The molecule has 1 aliphatic heterocycles. The van der Waals surface area contributed by atoms with Crippen molar-refractivity contribution in [2.75, 3.05) is 11.9 Å². The molecule has 0 radical (unpaired) electrons. The standard InChI is InChI=1S/C19H24N4/c1-3-14(4-2)18-16-10-7-8-12-21-19(16)23(22-18)17-11-6-5-9-15(17)13-20/h5-6,9,11,14,21H,3-4,7-8,10,12H2,1-2H3. The summed E-state index contributed by atoms with van der Waals surface area (Å²) in [5, 5.41) is 18.0. The molecule has 0 saturated carbocycles. The Morgan fingerprint density at radius 3 is 2.78 bits per heavy atom. The molecule has 1 aromatic heterocycles. The SMILES string of the molecule is CCC(CC)c1nn(-c2ccccc2C#N)c2c1CCCCN2. The first-order chi connectivity index (χ1) is 11.3. The van der Waals surface area contributed by atoms with Crippen LogP contribution in [0.4, 0.5) is 5.82 Å². The van der Waals surface area contributed by atoms with Crippen LogP contribution < -0.4 is 5.32 Å². The molecule has 0 unspecified atom stereocenters. The number of nitrogens with one attached hydrogen (secondary N) is 1. The van der Waals surface area contributed by atoms with Crippen LogP contribution in [0.3, 0.4) is 0 Å². The van der Waals surface area contributed by atoms with Crippen molar-refractivity contribution in [3.8, 4) is 11.8 Å². The van der Waals surface area contributed by atoms with Crippen molar-refractivity contribution in [1.82, 2.24) is 9.78 Å². The molecule has 1 N–H and O–H groups in total. The molecule has 1 aromatic carbocycles. The molecular formula is C19H24N4. The van der Waals surface area contributed by atoms with Gasteiger partial charge in [-0.2, -0.15) is 10.4 Å². The maximum Gasteiger partial charge on any atom is 0.133 e. The molecule has 4 heteroatoms. The zero-order valence-electron chi connectivity index (χ0n) is 14.0. The number of nitriles is 1. The topological polar surface area (TPSA) is 53.6 Å². The van der Waals surface area contributed by atoms with Gasteiger partial charge in [-0.05, 0) is 44.2 Å². The summed E-state index contributed by atoms with van der Waals surface area (Å²) >= 11 is 0. The molecule has 1 aliphatic rings. The number of hydrogen-bond acceptors (Lipinski definition) is 3. The predicted molar refractivity (Wildman–Crippen MR) is 93.0 cm³/mol. The zero-order valence-corrected chi connectivity index (χ0v) is 14.0. The number of para-hydroxylation sites is 1. The van der Waals surface area contributed by atoms with Crippen molar-refractivity contribution in [3.63, 3.8) is 0 Å². The zero-order chi connectivity index (χ0) is 16.2. The maximum absolute atomic E-state index is 9.44. The van der Waals surface area contributed by atoms with Crippen LogP contribution in [0.25, 0.3) is 5.69 Å². The number of fused-ring (bicyclic) bond motifs is 1. The van der Waals surface area contributed by atoms with Crippen LogP contribution in [-0.4, -0.2) is 16.3 Å². The molecule has 0 spiro atoms. The summed E-state index contributed by atoms with van der Waals surface area (Å²) in [5.41, 5.74) is 4.11. The Kier molecular flexibility index (Phi) is 4.66. The molecule has 0 bridgehead atoms. The van der Waals surface area contributed by atoms with Gasteiger partial charge >= 0.3 is 0 Å². The second-order valence-corrected chi connectivity index (χ2v) is 6.15. The average molecular weight is 308 g/mol. The fourth-order valence-corrected chi connectivity index (χ4v) is 3.46. The lowest BCUT2D eigenvalue weighted by Gasteiger charge is -2.11. The molecule has 3 rings (SSSR count). The van der Waals surface area contributed by atoms with Gasteiger partial charge in [-0.3, -0.25) is 0 Å². The van der Waals surface area contributed by atoms with Crippen molar-refractivity contribution in [1.29, 1.82) is 5.26 Å². The summed E-state index contributed by atoms with van der Waals surface area (Å²) in [6.45, 7) is 5.43. The third-order valence-electron chi connectivity index (χ3n) is 4.79. The Morgan fingerprint density at radius 2 is 2.04 bits per heavy atom. The Hall–Kier alpha value is -2.28. The van der Waals surface area contributed by atoms with Crippen molar-refractivity contribution in [3.05, 3.63) is 41.1 Å². The van der Waals surface area contributed by atoms with E-state index in [1.54, 1.807) is 0 Å². The second-order valence-electron chi connectivity index (χ2n) is 6.15. The van der Waals surface area contributed by atoms with Gasteiger partial charge in [0, 0.05) is 18.0 Å². The molecule has 2 heterocycles. The van der Waals surface area contributed by atoms with Crippen molar-refractivity contribution in [2.45, 2.75) is 51.9 Å². The van der Waals surface area contributed by atoms with Gasteiger partial charge in [-0.15, -0.1) is 0 Å². The van der Waals surface area contributed by atoms with Gasteiger partial charge in [0.15, 0.2) is 0 Å². The number of benzene rings is 1. The fourth-order valence-electron chi connectivity index (χ4n) is 3.46. The molecule has 0 aliphatic carbocycles. The fraction of sp³-hybridized carbons (Fsp3) is 0.474. The van der Waals surface area contributed by atoms with E-state index < -0.39 is 0 Å². The Morgan fingerprint density at radius 1 is 1.26 bits per heavy atom. The lowest BCUT2D eigenvalue weighted by atomic mass is 9.94. The van der Waals surface area contributed by atoms with E-state index in [1.807, 2.05) is 28.9 Å². The summed E-state index contributed by atoms with van der Waals surface area (Å²) in [7, 11) is 0. The Bertz CT molecular complexity index is 719. The van der Waals surface area contributed by atoms with Gasteiger partial charge in [0.1, 0.15) is 11.9 Å². The monoisotopic (exact) mass is 308 g/mol. The van der Waals surface area contributed by atoms with Crippen LogP contribution in [0.5, 0.6) is 0 Å². The van der Waals surface area contributed by atoms with E-state index >= 15 is 0 Å². The summed E-state index contributed by atoms with van der Waals surface area (Å²) in [6.07, 6.45) is 5.64. The van der Waals surface area contributed by atoms with E-state index in [0.29, 0.717) is 11.5 Å². The minimum atomic E-state index is 0.485. The predicted octanol–water partition coefficient (Wildman–Crippen LogP) is 4.40. The first kappa shape index (κ1) is 15.6. The molecule has 23 heavy (non-hydrogen) atoms. The molecule has 2 aromatic rings. The second kappa shape index (κ2) is 6.87. The lowest BCUT2D eigenvalue weighted by Crippen LogP contribution is -2.08. The molecule has 0 saturated heterocycles. The summed E-state index contributed by atoms with van der Waals surface area (Å²) in [4.78, 5) is 0. The molecule has 4 nitrogen and oxygen atoms in total. The van der Waals surface area contributed by atoms with E-state index in [2.05, 4.69) is 25.2 Å². The van der Waals surface area contributed by atoms with Gasteiger partial charge < -0.3 is 5.32 Å². The molecule has 120 valence electrons. The molecule has 0 fully saturated rings. The maximum atomic E-state index is 9.44. The van der Waals surface area contributed by atoms with Crippen molar-refractivity contribution in [2.24, 2.45) is 0 Å². The van der Waals surface area contributed by atoms with E-state index in [0.717, 1.165) is 37.3 Å². The van der Waals surface area contributed by atoms with E-state index in [9.17, 15) is 5.26 Å². The van der Waals surface area contributed by atoms with Crippen LogP contribution in [0.2, 0.25) is 0 Å². The number of anilines is 1. The first-order valence-corrected chi connectivity index (χ1v) is 8.65. The number of hydrogen-bond donors (Lipinski definition) is 1. The normalized spacial score (nSPS) is 14.0. The van der Waals surface area contributed by atoms with Gasteiger partial charge in [0.2, 0.25) is 0 Å². The van der Waals surface area contributed by atoms with Crippen LogP contribution in [0.15, 0.2) is 24.3 Å². The summed E-state index contributed by atoms with van der Waals surface area (Å²) in [6, 6.07) is 10.0. The van der Waals surface area contributed by atoms with Crippen LogP contribution in [0.1, 0.15) is 62.3 Å². The summed E-state index contributed by atoms with van der Waals surface area (Å²) in [5.74, 6) is 1.58. The van der Waals surface area contributed by atoms with Crippen LogP contribution in [0, 0.1) is 11.3 Å². The van der Waals surface area contributed by atoms with E-state index in [-0.39, 0.29) is 0 Å². The highest BCUT2D eigenvalue weighted by Crippen LogP contribution is 2.35. The highest BCUT2D eigenvalue weighted by atomic mass is 15.3. The minimum Gasteiger partial charge on any atom is -0.370 e. The van der Waals surface area contributed by atoms with E-state index in [4.69, 9.17) is 5.10 Å². The molecule has 0 atom stereocenters. The minimum absolute atomic E-state index is 0.485. The summed E-state index contributed by atoms with van der Waals surface area (Å²) < 4.78 is 1.97. The van der Waals surface area contributed by atoms with Gasteiger partial charge in [0.25, 0.3) is 0 Å². The lowest BCUT2D eigenvalue weighted by molar-refractivity contribution is 0.605. The quantitative estimate of drug-likeness (QED) is 0.911. The number of rotatable bonds is 4. The third-order valence-corrected chi connectivity index (χ3v) is 4.79. The van der Waals surface area contributed by atoms with Gasteiger partial charge in [-0.1, -0.05) is 26.0 Å². The van der Waals surface area contributed by atoms with Gasteiger partial charge in [0.05, 0.1) is 16.9 Å². The highest BCUT2D eigenvalue weighted by molar-refractivity contribution is 5.58. The van der Waals surface area contributed by atoms with Gasteiger partial charge in [-0.25, -0.2) is 4.68 Å².